The van der Waals surface area contributed by atoms with Gasteiger partial charge in [-0.2, -0.15) is 10.5 Å². The molecule has 42 heavy (non-hydrogen) atoms. The number of benzene rings is 4. The minimum atomic E-state index is -4.29. The van der Waals surface area contributed by atoms with Crippen LogP contribution in [0.5, 0.6) is 11.5 Å². The summed E-state index contributed by atoms with van der Waals surface area (Å²) in [4.78, 5) is 11.9. The average molecular weight is 581 g/mol. The minimum absolute atomic E-state index is 0.0113. The third kappa shape index (κ3) is 6.94. The van der Waals surface area contributed by atoms with Crippen LogP contribution >= 0.6 is 0 Å². The van der Waals surface area contributed by atoms with Gasteiger partial charge in [-0.1, -0.05) is 30.3 Å². The predicted molar refractivity (Wildman–Crippen MR) is 155 cm³/mol. The molecule has 1 amide bonds. The summed E-state index contributed by atoms with van der Waals surface area (Å²) in [6.45, 7) is 1.36. The fourth-order valence-electron chi connectivity index (χ4n) is 4.35. The van der Waals surface area contributed by atoms with E-state index in [-0.39, 0.29) is 38.5 Å². The standard InChI is InChI=1S/C32H28N4O5S/c33-19-23-7-12-27(13-8-23)41-16-2-15-40-26-10-5-22(6-11-26)18-30-29(32(36)37)14-9-25(21-35)31(30)42(38,39)28-4-1-3-24(17-28)20-34/h1,3-14,17H,2,15-16,18-19,33H2,(H2,36,37). The van der Waals surface area contributed by atoms with E-state index in [0.717, 1.165) is 11.3 Å². The van der Waals surface area contributed by atoms with Crippen LogP contribution in [0.1, 0.15) is 44.6 Å². The zero-order valence-corrected chi connectivity index (χ0v) is 23.4. The Bertz CT molecular complexity index is 1770. The van der Waals surface area contributed by atoms with Crippen molar-refractivity contribution in [2.45, 2.75) is 29.2 Å². The number of nitrogens with two attached hydrogens (primary N) is 2. The lowest BCUT2D eigenvalue weighted by atomic mass is 9.97. The Balaban J connectivity index is 1.51. The maximum absolute atomic E-state index is 13.8. The number of amides is 1. The molecule has 4 aromatic rings. The van der Waals surface area contributed by atoms with Crippen molar-refractivity contribution in [3.8, 4) is 23.6 Å². The Kier molecular flexibility index (Phi) is 9.56. The van der Waals surface area contributed by atoms with E-state index >= 15 is 0 Å². The van der Waals surface area contributed by atoms with Gasteiger partial charge in [-0.3, -0.25) is 4.79 Å². The van der Waals surface area contributed by atoms with Crippen molar-refractivity contribution in [1.82, 2.24) is 0 Å². The van der Waals surface area contributed by atoms with Crippen LogP contribution < -0.4 is 20.9 Å². The predicted octanol–water partition coefficient (Wildman–Crippen LogP) is 4.26. The Morgan fingerprint density at radius 3 is 1.98 bits per heavy atom. The van der Waals surface area contributed by atoms with Crippen molar-refractivity contribution in [3.05, 3.63) is 118 Å². The van der Waals surface area contributed by atoms with Gasteiger partial charge in [0.2, 0.25) is 15.7 Å². The quantitative estimate of drug-likeness (QED) is 0.234. The number of ether oxygens (including phenoxy) is 2. The number of hydrogen-bond acceptors (Lipinski definition) is 8. The van der Waals surface area contributed by atoms with Crippen LogP contribution in [0.2, 0.25) is 0 Å². The van der Waals surface area contributed by atoms with E-state index < -0.39 is 15.7 Å². The molecule has 4 rings (SSSR count). The van der Waals surface area contributed by atoms with Crippen LogP contribution in [0.25, 0.3) is 0 Å². The van der Waals surface area contributed by atoms with E-state index in [1.807, 2.05) is 36.4 Å². The van der Waals surface area contributed by atoms with E-state index in [4.69, 9.17) is 20.9 Å². The van der Waals surface area contributed by atoms with Crippen LogP contribution in [0.4, 0.5) is 0 Å². The van der Waals surface area contributed by atoms with Gasteiger partial charge < -0.3 is 20.9 Å². The van der Waals surface area contributed by atoms with Gasteiger partial charge in [0.05, 0.1) is 40.2 Å². The molecule has 212 valence electrons. The Labute approximate surface area is 244 Å². The molecule has 4 N–H and O–H groups in total. The average Bonchev–Trinajstić information content (AvgIpc) is 3.01. The fraction of sp³-hybridized carbons (Fsp3) is 0.156. The van der Waals surface area contributed by atoms with Crippen LogP contribution in [0.15, 0.2) is 94.7 Å². The third-order valence-electron chi connectivity index (χ3n) is 6.48. The van der Waals surface area contributed by atoms with Crippen molar-refractivity contribution in [3.63, 3.8) is 0 Å². The van der Waals surface area contributed by atoms with Crippen molar-refractivity contribution in [2.75, 3.05) is 13.2 Å². The third-order valence-corrected chi connectivity index (χ3v) is 8.36. The van der Waals surface area contributed by atoms with Crippen LogP contribution in [-0.4, -0.2) is 27.5 Å². The Hall–Kier alpha value is -5.16. The lowest BCUT2D eigenvalue weighted by Crippen LogP contribution is -2.18. The lowest BCUT2D eigenvalue weighted by Gasteiger charge is -2.16. The molecule has 0 aromatic heterocycles. The summed E-state index contributed by atoms with van der Waals surface area (Å²) in [5, 5.41) is 19.0. The minimum Gasteiger partial charge on any atom is -0.493 e. The van der Waals surface area contributed by atoms with Crippen LogP contribution in [0, 0.1) is 22.7 Å². The van der Waals surface area contributed by atoms with Crippen molar-refractivity contribution >= 4 is 15.7 Å². The highest BCUT2D eigenvalue weighted by atomic mass is 32.2. The zero-order chi connectivity index (χ0) is 30.1. The van der Waals surface area contributed by atoms with Gasteiger partial charge in [0.15, 0.2) is 0 Å². The van der Waals surface area contributed by atoms with Crippen molar-refractivity contribution < 1.29 is 22.7 Å². The maximum Gasteiger partial charge on any atom is 0.249 e. The summed E-state index contributed by atoms with van der Waals surface area (Å²) in [5.74, 6) is 0.536. The maximum atomic E-state index is 13.8. The van der Waals surface area contributed by atoms with Gasteiger partial charge in [-0.15, -0.1) is 0 Å². The summed E-state index contributed by atoms with van der Waals surface area (Å²) >= 11 is 0. The normalized spacial score (nSPS) is 10.8. The SMILES string of the molecule is N#Cc1cccc(S(=O)(=O)c2c(C#N)ccc(C(N)=O)c2Cc2ccc(OCCCOc3ccc(CN)cc3)cc2)c1. The molecule has 9 nitrogen and oxygen atoms in total. The summed E-state index contributed by atoms with van der Waals surface area (Å²) in [6.07, 6.45) is 0.662. The highest BCUT2D eigenvalue weighted by Crippen LogP contribution is 2.32. The highest BCUT2D eigenvalue weighted by Gasteiger charge is 2.29. The number of nitriles is 2. The molecule has 0 atom stereocenters. The number of nitrogens with zero attached hydrogens (tertiary/aromatic N) is 2. The molecular formula is C32H28N4O5S. The van der Waals surface area contributed by atoms with E-state index in [0.29, 0.717) is 37.5 Å². The van der Waals surface area contributed by atoms with Gasteiger partial charge >= 0.3 is 0 Å². The van der Waals surface area contributed by atoms with E-state index in [2.05, 4.69) is 0 Å². The second kappa shape index (κ2) is 13.5. The molecule has 0 fully saturated rings. The van der Waals surface area contributed by atoms with Crippen molar-refractivity contribution in [2.24, 2.45) is 11.5 Å². The first-order chi connectivity index (χ1) is 20.3. The molecule has 10 heteroatoms. The first-order valence-corrected chi connectivity index (χ1v) is 14.5. The van der Waals surface area contributed by atoms with Gasteiger partial charge in [0.25, 0.3) is 0 Å². The summed E-state index contributed by atoms with van der Waals surface area (Å²) in [6, 6.07) is 26.5. The number of carbonyl (C=O) groups is 1. The summed E-state index contributed by atoms with van der Waals surface area (Å²) in [5.41, 5.74) is 13.0. The molecule has 0 spiro atoms. The molecule has 4 aromatic carbocycles. The lowest BCUT2D eigenvalue weighted by molar-refractivity contribution is 0.0999. The molecule has 0 radical (unpaired) electrons. The molecule has 0 unspecified atom stereocenters. The second-order valence-corrected chi connectivity index (χ2v) is 11.2. The molecule has 0 aliphatic heterocycles. The van der Waals surface area contributed by atoms with Gasteiger partial charge in [0, 0.05) is 18.5 Å². The van der Waals surface area contributed by atoms with E-state index in [9.17, 15) is 23.7 Å². The monoisotopic (exact) mass is 580 g/mol. The smallest absolute Gasteiger partial charge is 0.249 e. The molecule has 0 saturated carbocycles. The first kappa shape index (κ1) is 29.8. The zero-order valence-electron chi connectivity index (χ0n) is 22.6. The van der Waals surface area contributed by atoms with Crippen LogP contribution in [0.3, 0.4) is 0 Å². The second-order valence-electron chi connectivity index (χ2n) is 9.31. The van der Waals surface area contributed by atoms with Crippen LogP contribution in [-0.2, 0) is 22.8 Å². The number of hydrogen-bond donors (Lipinski definition) is 2. The van der Waals surface area contributed by atoms with Gasteiger partial charge in [-0.05, 0) is 77.7 Å². The largest absolute Gasteiger partial charge is 0.493 e. The van der Waals surface area contributed by atoms with Crippen molar-refractivity contribution in [1.29, 1.82) is 10.5 Å². The molecule has 0 aliphatic carbocycles. The fourth-order valence-corrected chi connectivity index (χ4v) is 6.03. The van der Waals surface area contributed by atoms with E-state index in [1.165, 1.54) is 36.4 Å². The van der Waals surface area contributed by atoms with E-state index in [1.54, 1.807) is 24.3 Å². The Morgan fingerprint density at radius 2 is 1.43 bits per heavy atom. The molecule has 0 bridgehead atoms. The first-order valence-electron chi connectivity index (χ1n) is 13.0. The summed E-state index contributed by atoms with van der Waals surface area (Å²) in [7, 11) is -4.29. The Morgan fingerprint density at radius 1 is 0.810 bits per heavy atom. The molecule has 0 saturated heterocycles. The summed E-state index contributed by atoms with van der Waals surface area (Å²) < 4.78 is 39.1. The topological polar surface area (TPSA) is 169 Å². The number of primary amides is 1. The number of rotatable bonds is 12. The van der Waals surface area contributed by atoms with Gasteiger partial charge in [0.1, 0.15) is 17.6 Å². The number of carbonyl (C=O) groups excluding carboxylic acids is 1. The van der Waals surface area contributed by atoms with Gasteiger partial charge in [-0.25, -0.2) is 8.42 Å². The number of sulfone groups is 1. The molecular weight excluding hydrogens is 552 g/mol. The molecule has 0 aliphatic rings. The molecule has 0 heterocycles. The highest BCUT2D eigenvalue weighted by molar-refractivity contribution is 7.91.